The standard InChI is InChI=1S/C20H17NO3S2/c22-26(23)14-19(18-6-1-2-7-20(18)26)25-17-10-8-16(9-11-17)24-13-15-5-3-4-12-21-15/h1-12,19H,13-14H2. The molecule has 3 aromatic rings. The van der Waals surface area contributed by atoms with Crippen molar-refractivity contribution in [2.75, 3.05) is 5.75 Å². The first kappa shape index (κ1) is 17.1. The molecule has 0 N–H and O–H groups in total. The lowest BCUT2D eigenvalue weighted by Crippen LogP contribution is -2.01. The van der Waals surface area contributed by atoms with Crippen LogP contribution in [0.5, 0.6) is 5.75 Å². The van der Waals surface area contributed by atoms with Crippen molar-refractivity contribution >= 4 is 21.6 Å². The molecule has 1 unspecified atom stereocenters. The Labute approximate surface area is 157 Å². The van der Waals surface area contributed by atoms with Crippen molar-refractivity contribution < 1.29 is 13.2 Å². The highest BCUT2D eigenvalue weighted by molar-refractivity contribution is 8.01. The Morgan fingerprint density at radius 1 is 1.00 bits per heavy atom. The van der Waals surface area contributed by atoms with Crippen LogP contribution < -0.4 is 4.74 Å². The van der Waals surface area contributed by atoms with E-state index < -0.39 is 9.84 Å². The van der Waals surface area contributed by atoms with Gasteiger partial charge in [0.15, 0.2) is 9.84 Å². The molecule has 0 aliphatic carbocycles. The monoisotopic (exact) mass is 383 g/mol. The second-order valence-electron chi connectivity index (χ2n) is 6.01. The van der Waals surface area contributed by atoms with Crippen LogP contribution in [0.3, 0.4) is 0 Å². The van der Waals surface area contributed by atoms with Gasteiger partial charge in [-0.25, -0.2) is 8.42 Å². The molecule has 1 aliphatic rings. The zero-order valence-corrected chi connectivity index (χ0v) is 15.5. The summed E-state index contributed by atoms with van der Waals surface area (Å²) in [4.78, 5) is 5.71. The summed E-state index contributed by atoms with van der Waals surface area (Å²) in [5.74, 6) is 0.911. The van der Waals surface area contributed by atoms with E-state index in [-0.39, 0.29) is 11.0 Å². The van der Waals surface area contributed by atoms with E-state index in [0.29, 0.717) is 11.5 Å². The molecule has 4 nitrogen and oxygen atoms in total. The van der Waals surface area contributed by atoms with E-state index in [1.54, 1.807) is 30.1 Å². The van der Waals surface area contributed by atoms with Gasteiger partial charge in [-0.2, -0.15) is 0 Å². The number of ether oxygens (including phenoxy) is 1. The fourth-order valence-corrected chi connectivity index (χ4v) is 6.38. The first-order valence-corrected chi connectivity index (χ1v) is 10.8. The van der Waals surface area contributed by atoms with Crippen LogP contribution in [0.15, 0.2) is 82.7 Å². The van der Waals surface area contributed by atoms with Crippen LogP contribution in [0, 0.1) is 0 Å². The molecule has 0 amide bonds. The lowest BCUT2D eigenvalue weighted by atomic mass is 10.2. The lowest BCUT2D eigenvalue weighted by molar-refractivity contribution is 0.301. The molecule has 2 aromatic carbocycles. The molecule has 1 atom stereocenters. The quantitative estimate of drug-likeness (QED) is 0.658. The van der Waals surface area contributed by atoms with Gasteiger partial charge in [0.25, 0.3) is 0 Å². The van der Waals surface area contributed by atoms with Gasteiger partial charge in [-0.15, -0.1) is 11.8 Å². The van der Waals surface area contributed by atoms with Crippen molar-refractivity contribution in [2.24, 2.45) is 0 Å². The SMILES string of the molecule is O=S1(=O)CC(Sc2ccc(OCc3ccccn3)cc2)c2ccccc21. The smallest absolute Gasteiger partial charge is 0.180 e. The number of rotatable bonds is 5. The normalized spacial score (nSPS) is 17.6. The fourth-order valence-electron chi connectivity index (χ4n) is 2.93. The molecule has 0 saturated heterocycles. The highest BCUT2D eigenvalue weighted by Crippen LogP contribution is 2.44. The van der Waals surface area contributed by atoms with Gasteiger partial charge in [0.05, 0.1) is 21.6 Å². The molecule has 0 fully saturated rings. The van der Waals surface area contributed by atoms with Crippen molar-refractivity contribution in [3.8, 4) is 5.75 Å². The van der Waals surface area contributed by atoms with Crippen LogP contribution in [0.25, 0.3) is 0 Å². The molecule has 0 bridgehead atoms. The van der Waals surface area contributed by atoms with Gasteiger partial charge in [0.1, 0.15) is 12.4 Å². The Morgan fingerprint density at radius 3 is 2.54 bits per heavy atom. The number of fused-ring (bicyclic) bond motifs is 1. The van der Waals surface area contributed by atoms with E-state index in [1.807, 2.05) is 54.6 Å². The third-order valence-corrected chi connectivity index (χ3v) is 7.46. The van der Waals surface area contributed by atoms with Crippen molar-refractivity contribution in [1.82, 2.24) is 4.98 Å². The first-order chi connectivity index (χ1) is 12.6. The highest BCUT2D eigenvalue weighted by atomic mass is 32.2. The molecule has 0 spiro atoms. The predicted molar refractivity (Wildman–Crippen MR) is 102 cm³/mol. The van der Waals surface area contributed by atoms with Crippen molar-refractivity contribution in [1.29, 1.82) is 0 Å². The van der Waals surface area contributed by atoms with Gasteiger partial charge in [-0.05, 0) is 48.0 Å². The maximum Gasteiger partial charge on any atom is 0.180 e. The second-order valence-corrected chi connectivity index (χ2v) is 9.29. The lowest BCUT2D eigenvalue weighted by Gasteiger charge is -2.11. The molecule has 2 heterocycles. The minimum atomic E-state index is -3.17. The summed E-state index contributed by atoms with van der Waals surface area (Å²) < 4.78 is 30.3. The van der Waals surface area contributed by atoms with Crippen LogP contribution >= 0.6 is 11.8 Å². The molecule has 4 rings (SSSR count). The van der Waals surface area contributed by atoms with Gasteiger partial charge in [-0.1, -0.05) is 24.3 Å². The predicted octanol–water partition coefficient (Wildman–Crippen LogP) is 4.28. The minimum Gasteiger partial charge on any atom is -0.487 e. The topological polar surface area (TPSA) is 56.3 Å². The second kappa shape index (κ2) is 7.13. The number of sulfone groups is 1. The number of hydrogen-bond donors (Lipinski definition) is 0. The van der Waals surface area contributed by atoms with Crippen molar-refractivity contribution in [3.63, 3.8) is 0 Å². The van der Waals surface area contributed by atoms with E-state index in [4.69, 9.17) is 4.74 Å². The first-order valence-electron chi connectivity index (χ1n) is 8.23. The fraction of sp³-hybridized carbons (Fsp3) is 0.150. The summed E-state index contributed by atoms with van der Waals surface area (Å²) in [5.41, 5.74) is 1.77. The van der Waals surface area contributed by atoms with Crippen molar-refractivity contribution in [3.05, 3.63) is 84.2 Å². The van der Waals surface area contributed by atoms with E-state index >= 15 is 0 Å². The third-order valence-electron chi connectivity index (χ3n) is 4.19. The van der Waals surface area contributed by atoms with Crippen LogP contribution in [0.4, 0.5) is 0 Å². The average Bonchev–Trinajstić information content (AvgIpc) is 2.93. The van der Waals surface area contributed by atoms with Gasteiger partial charge in [0, 0.05) is 11.1 Å². The summed E-state index contributed by atoms with van der Waals surface area (Å²) in [5, 5.41) is -0.0727. The van der Waals surface area contributed by atoms with Crippen LogP contribution in [0.2, 0.25) is 0 Å². The van der Waals surface area contributed by atoms with E-state index in [1.165, 1.54) is 0 Å². The average molecular weight is 383 g/mol. The summed E-state index contributed by atoms with van der Waals surface area (Å²) in [6, 6.07) is 20.7. The number of hydrogen-bond acceptors (Lipinski definition) is 5. The zero-order chi connectivity index (χ0) is 18.0. The highest BCUT2D eigenvalue weighted by Gasteiger charge is 2.34. The van der Waals surface area contributed by atoms with Gasteiger partial charge in [-0.3, -0.25) is 4.98 Å². The van der Waals surface area contributed by atoms with Gasteiger partial charge in [0.2, 0.25) is 0 Å². The Balaban J connectivity index is 1.44. The Morgan fingerprint density at radius 2 is 1.77 bits per heavy atom. The number of nitrogens with zero attached hydrogens (tertiary/aromatic N) is 1. The molecule has 1 aliphatic heterocycles. The van der Waals surface area contributed by atoms with Crippen LogP contribution in [0.1, 0.15) is 16.5 Å². The summed E-state index contributed by atoms with van der Waals surface area (Å²) in [6.45, 7) is 0.418. The maximum absolute atomic E-state index is 12.3. The summed E-state index contributed by atoms with van der Waals surface area (Å²) in [6.07, 6.45) is 1.74. The van der Waals surface area contributed by atoms with Crippen LogP contribution in [-0.4, -0.2) is 19.2 Å². The number of benzene rings is 2. The summed E-state index contributed by atoms with van der Waals surface area (Å²) in [7, 11) is -3.17. The van der Waals surface area contributed by atoms with E-state index in [9.17, 15) is 8.42 Å². The molecule has 132 valence electrons. The Bertz CT molecular complexity index is 1000. The molecule has 26 heavy (non-hydrogen) atoms. The molecule has 0 radical (unpaired) electrons. The number of pyridine rings is 1. The minimum absolute atomic E-state index is 0.0727. The molecule has 6 heteroatoms. The Kier molecular flexibility index (Phi) is 4.70. The van der Waals surface area contributed by atoms with Crippen LogP contribution in [-0.2, 0) is 16.4 Å². The summed E-state index contributed by atoms with van der Waals surface area (Å²) >= 11 is 1.57. The van der Waals surface area contributed by atoms with Gasteiger partial charge >= 0.3 is 0 Å². The number of aromatic nitrogens is 1. The molecular weight excluding hydrogens is 366 g/mol. The van der Waals surface area contributed by atoms with E-state index in [0.717, 1.165) is 21.9 Å². The van der Waals surface area contributed by atoms with Gasteiger partial charge < -0.3 is 4.74 Å². The molecule has 0 saturated carbocycles. The Hall–Kier alpha value is -2.31. The maximum atomic E-state index is 12.3. The largest absolute Gasteiger partial charge is 0.487 e. The van der Waals surface area contributed by atoms with E-state index in [2.05, 4.69) is 4.98 Å². The van der Waals surface area contributed by atoms with Crippen molar-refractivity contribution in [2.45, 2.75) is 21.6 Å². The zero-order valence-electron chi connectivity index (χ0n) is 13.9. The molecule has 1 aromatic heterocycles. The number of thioether (sulfide) groups is 1. The molecular formula is C20H17NO3S2. The third kappa shape index (κ3) is 3.61.